The molecular weight excluding hydrogens is 422 g/mol. The van der Waals surface area contributed by atoms with E-state index in [2.05, 4.69) is 57.7 Å². The lowest BCUT2D eigenvalue weighted by atomic mass is 9.73. The summed E-state index contributed by atoms with van der Waals surface area (Å²) in [6.07, 6.45) is 8.08. The molecule has 2 N–H and O–H groups in total. The maximum Gasteiger partial charge on any atom is 0.335 e. The standard InChI is InChI=1S/C29H33N3O2/c33-28(34)25-10-4-6-22(16-25)18-29(21-31-27-17-26(27)24-8-2-1-3-9-24)11-14-32(15-12-29)20-23-7-5-13-30-19-23/h1-10,13,16,19,26-27,31H,11-12,14-15,17-18,20-21H2,(H,33,34)/t26?,27-/m1/s1. The minimum atomic E-state index is -0.857. The number of piperidine rings is 1. The maximum atomic E-state index is 11.5. The smallest absolute Gasteiger partial charge is 0.335 e. The topological polar surface area (TPSA) is 65.5 Å². The van der Waals surface area contributed by atoms with Gasteiger partial charge in [0.2, 0.25) is 0 Å². The molecule has 5 nitrogen and oxygen atoms in total. The van der Waals surface area contributed by atoms with E-state index in [1.807, 2.05) is 30.6 Å². The molecule has 0 spiro atoms. The summed E-state index contributed by atoms with van der Waals surface area (Å²) in [5.41, 5.74) is 4.31. The van der Waals surface area contributed by atoms with E-state index in [0.717, 1.165) is 51.0 Å². The number of likely N-dealkylation sites (tertiary alicyclic amines) is 1. The number of benzene rings is 2. The number of rotatable bonds is 9. The number of aromatic nitrogens is 1. The molecule has 1 aliphatic carbocycles. The van der Waals surface area contributed by atoms with Crippen LogP contribution in [0.2, 0.25) is 0 Å². The minimum absolute atomic E-state index is 0.131. The van der Waals surface area contributed by atoms with Gasteiger partial charge in [0.1, 0.15) is 0 Å². The Hall–Kier alpha value is -3.02. The summed E-state index contributed by atoms with van der Waals surface area (Å²) >= 11 is 0. The predicted molar refractivity (Wildman–Crippen MR) is 134 cm³/mol. The summed E-state index contributed by atoms with van der Waals surface area (Å²) < 4.78 is 0. The highest BCUT2D eigenvalue weighted by atomic mass is 16.4. The third-order valence-electron chi connectivity index (χ3n) is 7.56. The van der Waals surface area contributed by atoms with Crippen molar-refractivity contribution in [2.45, 2.75) is 44.2 Å². The molecule has 1 saturated carbocycles. The van der Waals surface area contributed by atoms with E-state index in [-0.39, 0.29) is 5.41 Å². The Labute approximate surface area is 201 Å². The number of aromatic carboxylic acids is 1. The number of nitrogens with zero attached hydrogens (tertiary/aromatic N) is 2. The van der Waals surface area contributed by atoms with Gasteiger partial charge in [0.15, 0.2) is 0 Å². The monoisotopic (exact) mass is 455 g/mol. The zero-order valence-electron chi connectivity index (χ0n) is 19.6. The van der Waals surface area contributed by atoms with Crippen molar-refractivity contribution in [1.82, 2.24) is 15.2 Å². The van der Waals surface area contributed by atoms with Crippen LogP contribution in [0.15, 0.2) is 79.1 Å². The van der Waals surface area contributed by atoms with Crippen molar-refractivity contribution in [3.63, 3.8) is 0 Å². The Morgan fingerprint density at radius 2 is 1.82 bits per heavy atom. The second kappa shape index (κ2) is 10.1. The number of carboxylic acid groups (broad SMARTS) is 1. The van der Waals surface area contributed by atoms with Gasteiger partial charge in [0, 0.05) is 37.4 Å². The van der Waals surface area contributed by atoms with Crippen LogP contribution in [0.4, 0.5) is 0 Å². The van der Waals surface area contributed by atoms with Gasteiger partial charge in [-0.05, 0) is 79.1 Å². The molecule has 2 fully saturated rings. The fourth-order valence-electron chi connectivity index (χ4n) is 5.44. The molecule has 1 saturated heterocycles. The predicted octanol–water partition coefficient (Wildman–Crippen LogP) is 4.75. The number of pyridine rings is 1. The van der Waals surface area contributed by atoms with E-state index in [1.165, 1.54) is 17.5 Å². The summed E-state index contributed by atoms with van der Waals surface area (Å²) in [7, 11) is 0. The van der Waals surface area contributed by atoms with E-state index in [1.54, 1.807) is 6.07 Å². The van der Waals surface area contributed by atoms with Gasteiger partial charge >= 0.3 is 5.97 Å². The van der Waals surface area contributed by atoms with Crippen molar-refractivity contribution < 1.29 is 9.90 Å². The van der Waals surface area contributed by atoms with Gasteiger partial charge in [-0.2, -0.15) is 0 Å². The maximum absolute atomic E-state index is 11.5. The van der Waals surface area contributed by atoms with Gasteiger partial charge in [-0.3, -0.25) is 9.88 Å². The highest BCUT2D eigenvalue weighted by Crippen LogP contribution is 2.42. The molecule has 5 rings (SSSR count). The normalized spacial score (nSPS) is 21.8. The largest absolute Gasteiger partial charge is 0.478 e. The number of hydrogen-bond acceptors (Lipinski definition) is 4. The SMILES string of the molecule is O=C(O)c1cccc(CC2(CN[C@@H]3CC3c3ccccc3)CCN(Cc3cccnc3)CC2)c1. The van der Waals surface area contributed by atoms with E-state index < -0.39 is 5.97 Å². The molecule has 2 aromatic carbocycles. The van der Waals surface area contributed by atoms with Gasteiger partial charge in [-0.15, -0.1) is 0 Å². The van der Waals surface area contributed by atoms with Crippen LogP contribution in [-0.2, 0) is 13.0 Å². The van der Waals surface area contributed by atoms with Gasteiger partial charge in [0.25, 0.3) is 0 Å². The average Bonchev–Trinajstić information content (AvgIpc) is 3.66. The third-order valence-corrected chi connectivity index (χ3v) is 7.56. The lowest BCUT2D eigenvalue weighted by Gasteiger charge is -2.42. The quantitative estimate of drug-likeness (QED) is 0.487. The first-order valence-corrected chi connectivity index (χ1v) is 12.3. The molecule has 5 heteroatoms. The van der Waals surface area contributed by atoms with E-state index in [4.69, 9.17) is 0 Å². The molecule has 1 aliphatic heterocycles. The molecule has 0 amide bonds. The van der Waals surface area contributed by atoms with E-state index in [0.29, 0.717) is 17.5 Å². The molecule has 2 heterocycles. The summed E-state index contributed by atoms with van der Waals surface area (Å²) in [5, 5.41) is 13.3. The zero-order chi connectivity index (χ0) is 23.4. The molecule has 1 aromatic heterocycles. The van der Waals surface area contributed by atoms with Gasteiger partial charge in [-0.1, -0.05) is 48.5 Å². The average molecular weight is 456 g/mol. The Morgan fingerprint density at radius 3 is 2.56 bits per heavy atom. The van der Waals surface area contributed by atoms with Crippen LogP contribution in [0, 0.1) is 5.41 Å². The Kier molecular flexibility index (Phi) is 6.75. The molecule has 2 atom stereocenters. The van der Waals surface area contributed by atoms with Crippen molar-refractivity contribution in [2.75, 3.05) is 19.6 Å². The van der Waals surface area contributed by atoms with Crippen LogP contribution >= 0.6 is 0 Å². The van der Waals surface area contributed by atoms with Crippen molar-refractivity contribution in [1.29, 1.82) is 0 Å². The summed E-state index contributed by atoms with van der Waals surface area (Å²) in [4.78, 5) is 18.3. The van der Waals surface area contributed by atoms with Gasteiger partial charge in [-0.25, -0.2) is 4.79 Å². The number of carboxylic acids is 1. The van der Waals surface area contributed by atoms with Crippen LogP contribution in [-0.4, -0.2) is 46.6 Å². The molecule has 0 radical (unpaired) electrons. The molecule has 2 aliphatic rings. The Bertz CT molecular complexity index is 1090. The zero-order valence-corrected chi connectivity index (χ0v) is 19.6. The summed E-state index contributed by atoms with van der Waals surface area (Å²) in [5.74, 6) is -0.247. The van der Waals surface area contributed by atoms with Crippen molar-refractivity contribution >= 4 is 5.97 Å². The molecule has 1 unspecified atom stereocenters. The fourth-order valence-corrected chi connectivity index (χ4v) is 5.44. The number of hydrogen-bond donors (Lipinski definition) is 2. The first-order chi connectivity index (χ1) is 16.6. The lowest BCUT2D eigenvalue weighted by Crippen LogP contribution is -2.46. The first kappa shape index (κ1) is 22.8. The highest BCUT2D eigenvalue weighted by Gasteiger charge is 2.41. The van der Waals surface area contributed by atoms with E-state index in [9.17, 15) is 9.90 Å². The van der Waals surface area contributed by atoms with Crippen LogP contribution in [0.5, 0.6) is 0 Å². The van der Waals surface area contributed by atoms with E-state index >= 15 is 0 Å². The Morgan fingerprint density at radius 1 is 1.03 bits per heavy atom. The van der Waals surface area contributed by atoms with Crippen molar-refractivity contribution in [2.24, 2.45) is 5.41 Å². The van der Waals surface area contributed by atoms with Crippen LogP contribution < -0.4 is 5.32 Å². The molecule has 0 bridgehead atoms. The summed E-state index contributed by atoms with van der Waals surface area (Å²) in [6, 6.07) is 23.0. The van der Waals surface area contributed by atoms with Crippen LogP contribution in [0.3, 0.4) is 0 Å². The third kappa shape index (κ3) is 5.54. The van der Waals surface area contributed by atoms with Crippen LogP contribution in [0.25, 0.3) is 0 Å². The van der Waals surface area contributed by atoms with Gasteiger partial charge < -0.3 is 10.4 Å². The molecule has 34 heavy (non-hydrogen) atoms. The van der Waals surface area contributed by atoms with Gasteiger partial charge in [0.05, 0.1) is 5.56 Å². The molecule has 176 valence electrons. The molecular formula is C29H33N3O2. The molecule has 3 aromatic rings. The second-order valence-corrected chi connectivity index (χ2v) is 10.1. The van der Waals surface area contributed by atoms with Crippen LogP contribution in [0.1, 0.15) is 52.2 Å². The number of carbonyl (C=O) groups is 1. The van der Waals surface area contributed by atoms with Crippen molar-refractivity contribution in [3.05, 3.63) is 101 Å². The summed E-state index contributed by atoms with van der Waals surface area (Å²) in [6.45, 7) is 3.99. The van der Waals surface area contributed by atoms with Crippen molar-refractivity contribution in [3.8, 4) is 0 Å². The number of nitrogens with one attached hydrogen (secondary N) is 1. The second-order valence-electron chi connectivity index (χ2n) is 10.1. The Balaban J connectivity index is 1.26. The first-order valence-electron chi connectivity index (χ1n) is 12.3. The fraction of sp³-hybridized carbons (Fsp3) is 0.379. The minimum Gasteiger partial charge on any atom is -0.478 e. The highest BCUT2D eigenvalue weighted by molar-refractivity contribution is 5.87. The lowest BCUT2D eigenvalue weighted by molar-refractivity contribution is 0.0696.